The van der Waals surface area contributed by atoms with Crippen molar-refractivity contribution in [2.75, 3.05) is 11.9 Å². The minimum absolute atomic E-state index is 0.0293. The lowest BCUT2D eigenvalue weighted by Gasteiger charge is -2.18. The lowest BCUT2D eigenvalue weighted by Crippen LogP contribution is -2.27. The van der Waals surface area contributed by atoms with Crippen molar-refractivity contribution in [1.29, 1.82) is 0 Å². The van der Waals surface area contributed by atoms with Crippen molar-refractivity contribution in [3.05, 3.63) is 11.1 Å². The molecule has 0 saturated carbocycles. The van der Waals surface area contributed by atoms with Crippen molar-refractivity contribution >= 4 is 28.2 Å². The molecule has 17 heavy (non-hydrogen) atoms. The lowest BCUT2D eigenvalue weighted by molar-refractivity contribution is -0.125. The molecule has 94 valence electrons. The Morgan fingerprint density at radius 1 is 1.47 bits per heavy atom. The summed E-state index contributed by atoms with van der Waals surface area (Å²) in [5, 5.41) is 4.61. The first-order valence-electron chi connectivity index (χ1n) is 5.18. The third kappa shape index (κ3) is 5.06. The number of ether oxygens (including phenoxy) is 1. The number of ketones is 1. The number of nitrogens with one attached hydrogen (secondary N) is 1. The zero-order valence-electron chi connectivity index (χ0n) is 10.4. The second kappa shape index (κ2) is 5.37. The monoisotopic (exact) mass is 256 g/mol. The van der Waals surface area contributed by atoms with E-state index in [1.54, 1.807) is 5.38 Å². The molecule has 0 atom stereocenters. The third-order valence-corrected chi connectivity index (χ3v) is 2.51. The molecule has 1 aromatic heterocycles. The number of hydrogen-bond donors (Lipinski definition) is 1. The summed E-state index contributed by atoms with van der Waals surface area (Å²) >= 11 is 1.22. The number of amides is 1. The van der Waals surface area contributed by atoms with E-state index in [4.69, 9.17) is 4.74 Å². The van der Waals surface area contributed by atoms with Crippen molar-refractivity contribution in [2.45, 2.75) is 33.3 Å². The van der Waals surface area contributed by atoms with Gasteiger partial charge in [0.15, 0.2) is 10.9 Å². The summed E-state index contributed by atoms with van der Waals surface area (Å²) in [6.07, 6.45) is 0. The van der Waals surface area contributed by atoms with Crippen molar-refractivity contribution in [1.82, 2.24) is 4.98 Å². The Kier molecular flexibility index (Phi) is 4.36. The molecule has 0 bridgehead atoms. The molecule has 0 fully saturated rings. The molecule has 0 unspecified atom stereocenters. The minimum atomic E-state index is -0.356. The molecule has 0 aliphatic heterocycles. The molecular formula is C11H16N2O3S. The first kappa shape index (κ1) is 13.8. The van der Waals surface area contributed by atoms with Gasteiger partial charge in [-0.15, -0.1) is 11.3 Å². The van der Waals surface area contributed by atoms with Crippen molar-refractivity contribution < 1.29 is 14.3 Å². The van der Waals surface area contributed by atoms with Gasteiger partial charge >= 0.3 is 0 Å². The van der Waals surface area contributed by atoms with Crippen molar-refractivity contribution in [2.24, 2.45) is 0 Å². The number of carbonyl (C=O) groups is 2. The van der Waals surface area contributed by atoms with E-state index in [2.05, 4.69) is 10.3 Å². The summed E-state index contributed by atoms with van der Waals surface area (Å²) in [6.45, 7) is 7.02. The quantitative estimate of drug-likeness (QED) is 0.838. The summed E-state index contributed by atoms with van der Waals surface area (Å²) in [4.78, 5) is 26.5. The topological polar surface area (TPSA) is 68.3 Å². The van der Waals surface area contributed by atoms with Crippen LogP contribution in [-0.4, -0.2) is 28.9 Å². The molecule has 1 heterocycles. The van der Waals surface area contributed by atoms with E-state index in [9.17, 15) is 9.59 Å². The van der Waals surface area contributed by atoms with Gasteiger partial charge in [-0.2, -0.15) is 0 Å². The maximum absolute atomic E-state index is 11.5. The number of thiazole rings is 1. The number of anilines is 1. The van der Waals surface area contributed by atoms with E-state index in [0.717, 1.165) is 0 Å². The highest BCUT2D eigenvalue weighted by atomic mass is 32.1. The van der Waals surface area contributed by atoms with Crippen LogP contribution in [-0.2, 0) is 9.53 Å². The summed E-state index contributed by atoms with van der Waals surface area (Å²) in [6, 6.07) is 0. The highest BCUT2D eigenvalue weighted by Gasteiger charge is 2.14. The Morgan fingerprint density at radius 3 is 2.59 bits per heavy atom. The first-order chi connectivity index (χ1) is 7.78. The van der Waals surface area contributed by atoms with Gasteiger partial charge in [0.1, 0.15) is 12.3 Å². The molecule has 0 radical (unpaired) electrons. The smallest absolute Gasteiger partial charge is 0.252 e. The standard InChI is InChI=1S/C11H16N2O3S/c1-7(14)8-6-17-10(12-8)13-9(15)5-16-11(2,3)4/h6H,5H2,1-4H3,(H,12,13,15). The number of nitrogens with zero attached hydrogens (tertiary/aromatic N) is 1. The number of Topliss-reactive ketones (excluding diaryl/α,β-unsaturated/α-hetero) is 1. The predicted molar refractivity (Wildman–Crippen MR) is 66.5 cm³/mol. The molecule has 1 rings (SSSR count). The maximum atomic E-state index is 11.5. The van der Waals surface area contributed by atoms with Crippen LogP contribution in [0.25, 0.3) is 0 Å². The second-order valence-corrected chi connectivity index (χ2v) is 5.40. The molecule has 0 aliphatic rings. The minimum Gasteiger partial charge on any atom is -0.366 e. The Morgan fingerprint density at radius 2 is 2.12 bits per heavy atom. The SMILES string of the molecule is CC(=O)c1csc(NC(=O)COC(C)(C)C)n1. The van der Waals surface area contributed by atoms with Gasteiger partial charge in [-0.1, -0.05) is 0 Å². The lowest BCUT2D eigenvalue weighted by atomic mass is 10.2. The van der Waals surface area contributed by atoms with Crippen LogP contribution >= 0.6 is 11.3 Å². The van der Waals surface area contributed by atoms with Crippen molar-refractivity contribution in [3.63, 3.8) is 0 Å². The maximum Gasteiger partial charge on any atom is 0.252 e. The zero-order chi connectivity index (χ0) is 13.1. The molecule has 0 aliphatic carbocycles. The fourth-order valence-corrected chi connectivity index (χ4v) is 1.70. The van der Waals surface area contributed by atoms with Crippen LogP contribution < -0.4 is 5.32 Å². The van der Waals surface area contributed by atoms with Crippen LogP contribution in [0.5, 0.6) is 0 Å². The second-order valence-electron chi connectivity index (χ2n) is 4.54. The average Bonchev–Trinajstić information content (AvgIpc) is 2.62. The molecule has 0 spiro atoms. The molecular weight excluding hydrogens is 240 g/mol. The Bertz CT molecular complexity index is 421. The van der Waals surface area contributed by atoms with E-state index >= 15 is 0 Å². The summed E-state index contributed by atoms with van der Waals surface area (Å²) in [5.74, 6) is -0.392. The Labute approximate surface area is 104 Å². The van der Waals surface area contributed by atoms with Gasteiger partial charge < -0.3 is 4.74 Å². The van der Waals surface area contributed by atoms with Gasteiger partial charge in [0, 0.05) is 12.3 Å². The first-order valence-corrected chi connectivity index (χ1v) is 6.06. The van der Waals surface area contributed by atoms with Gasteiger partial charge in [0.05, 0.1) is 5.60 Å². The van der Waals surface area contributed by atoms with Crippen LogP contribution in [0, 0.1) is 0 Å². The van der Waals surface area contributed by atoms with Gasteiger partial charge in [0.25, 0.3) is 5.91 Å². The van der Waals surface area contributed by atoms with E-state index in [1.165, 1.54) is 18.3 Å². The number of hydrogen-bond acceptors (Lipinski definition) is 5. The van der Waals surface area contributed by atoms with Crippen LogP contribution in [0.15, 0.2) is 5.38 Å². The highest BCUT2D eigenvalue weighted by molar-refractivity contribution is 7.14. The van der Waals surface area contributed by atoms with Crippen LogP contribution in [0.4, 0.5) is 5.13 Å². The number of carbonyl (C=O) groups excluding carboxylic acids is 2. The predicted octanol–water partition coefficient (Wildman–Crippen LogP) is 2.10. The molecule has 5 nitrogen and oxygen atoms in total. The molecule has 0 saturated heterocycles. The Hall–Kier alpha value is -1.27. The van der Waals surface area contributed by atoms with Gasteiger partial charge in [0.2, 0.25) is 0 Å². The van der Waals surface area contributed by atoms with E-state index in [0.29, 0.717) is 10.8 Å². The summed E-state index contributed by atoms with van der Waals surface area (Å²) in [5.41, 5.74) is 0.00661. The fraction of sp³-hybridized carbons (Fsp3) is 0.545. The van der Waals surface area contributed by atoms with Gasteiger partial charge in [-0.3, -0.25) is 14.9 Å². The average molecular weight is 256 g/mol. The molecule has 1 N–H and O–H groups in total. The molecule has 6 heteroatoms. The number of aromatic nitrogens is 1. The van der Waals surface area contributed by atoms with Crippen molar-refractivity contribution in [3.8, 4) is 0 Å². The summed E-state index contributed by atoms with van der Waals surface area (Å²) < 4.78 is 5.32. The highest BCUT2D eigenvalue weighted by Crippen LogP contribution is 2.15. The van der Waals surface area contributed by atoms with E-state index in [1.807, 2.05) is 20.8 Å². The van der Waals surface area contributed by atoms with Crippen LogP contribution in [0.3, 0.4) is 0 Å². The number of rotatable bonds is 4. The van der Waals surface area contributed by atoms with E-state index < -0.39 is 0 Å². The zero-order valence-corrected chi connectivity index (χ0v) is 11.2. The van der Waals surface area contributed by atoms with Crippen LogP contribution in [0.1, 0.15) is 38.2 Å². The molecule has 0 aromatic carbocycles. The normalized spacial score (nSPS) is 11.3. The summed E-state index contributed by atoms with van der Waals surface area (Å²) in [7, 11) is 0. The Balaban J connectivity index is 2.48. The van der Waals surface area contributed by atoms with Crippen LogP contribution in [0.2, 0.25) is 0 Å². The fourth-order valence-electron chi connectivity index (χ4n) is 0.930. The molecule has 1 amide bonds. The van der Waals surface area contributed by atoms with Gasteiger partial charge in [-0.25, -0.2) is 4.98 Å². The third-order valence-electron chi connectivity index (χ3n) is 1.75. The van der Waals surface area contributed by atoms with Gasteiger partial charge in [-0.05, 0) is 20.8 Å². The molecule has 1 aromatic rings. The largest absolute Gasteiger partial charge is 0.366 e. The van der Waals surface area contributed by atoms with E-state index in [-0.39, 0.29) is 23.9 Å².